The molecule has 0 radical (unpaired) electrons. The van der Waals surface area contributed by atoms with Crippen LogP contribution in [0.15, 0.2) is 30.2 Å². The molecule has 0 N–H and O–H groups in total. The van der Waals surface area contributed by atoms with Crippen molar-refractivity contribution in [3.8, 4) is 0 Å². The Kier molecular flexibility index (Phi) is 2.23. The van der Waals surface area contributed by atoms with Gasteiger partial charge in [0.1, 0.15) is 0 Å². The second-order valence-electron chi connectivity index (χ2n) is 2.70. The smallest absolute Gasteiger partial charge is 0.151 e. The van der Waals surface area contributed by atoms with Gasteiger partial charge in [0.15, 0.2) is 6.29 Å². The van der Waals surface area contributed by atoms with Crippen LogP contribution in [0.3, 0.4) is 0 Å². The van der Waals surface area contributed by atoms with Gasteiger partial charge in [-0.25, -0.2) is 0 Å². The monoisotopic (exact) mass is 192 g/mol. The van der Waals surface area contributed by atoms with Crippen LogP contribution >= 0.6 is 11.3 Å². The van der Waals surface area contributed by atoms with Gasteiger partial charge in [-0.2, -0.15) is 0 Å². The molecule has 3 nitrogen and oxygen atoms in total. The van der Waals surface area contributed by atoms with Crippen molar-refractivity contribution in [2.24, 2.45) is 0 Å². The minimum atomic E-state index is 0.713. The fraction of sp³-hybridized carbons (Fsp3) is 0.111. The van der Waals surface area contributed by atoms with Crippen LogP contribution in [0.5, 0.6) is 0 Å². The summed E-state index contributed by atoms with van der Waals surface area (Å²) in [6.07, 6.45) is 6.41. The summed E-state index contributed by atoms with van der Waals surface area (Å²) in [5.74, 6) is 0. The maximum atomic E-state index is 10.4. The highest BCUT2D eigenvalue weighted by Gasteiger charge is 1.97. The molecule has 0 aromatic carbocycles. The van der Waals surface area contributed by atoms with E-state index in [9.17, 15) is 4.79 Å². The third-order valence-corrected chi connectivity index (χ3v) is 2.50. The van der Waals surface area contributed by atoms with E-state index in [0.29, 0.717) is 5.56 Å². The van der Waals surface area contributed by atoms with Crippen LogP contribution in [-0.4, -0.2) is 15.8 Å². The van der Waals surface area contributed by atoms with Crippen LogP contribution in [-0.2, 0) is 6.54 Å². The Morgan fingerprint density at radius 3 is 3.15 bits per heavy atom. The lowest BCUT2D eigenvalue weighted by Crippen LogP contribution is -1.93. The van der Waals surface area contributed by atoms with Crippen molar-refractivity contribution < 1.29 is 4.79 Å². The lowest BCUT2D eigenvalue weighted by atomic mass is 10.4. The molecule has 0 aliphatic carbocycles. The summed E-state index contributed by atoms with van der Waals surface area (Å²) < 4.78 is 1.97. The highest BCUT2D eigenvalue weighted by atomic mass is 32.1. The van der Waals surface area contributed by atoms with Crippen molar-refractivity contribution in [2.45, 2.75) is 6.54 Å². The van der Waals surface area contributed by atoms with Crippen molar-refractivity contribution in [1.29, 1.82) is 0 Å². The molecule has 0 atom stereocenters. The van der Waals surface area contributed by atoms with E-state index in [1.165, 1.54) is 4.88 Å². The predicted molar refractivity (Wildman–Crippen MR) is 51.0 cm³/mol. The fourth-order valence-corrected chi connectivity index (χ4v) is 1.73. The lowest BCUT2D eigenvalue weighted by Gasteiger charge is -1.97. The van der Waals surface area contributed by atoms with Crippen molar-refractivity contribution in [3.63, 3.8) is 0 Å². The number of aromatic nitrogens is 2. The summed E-state index contributed by atoms with van der Waals surface area (Å²) >= 11 is 1.61. The van der Waals surface area contributed by atoms with Crippen LogP contribution in [0.1, 0.15) is 15.2 Å². The standard InChI is InChI=1S/C9H8N2OS/c12-6-8-1-2-11(4-8)5-9-3-10-7-13-9/h1-4,6-7H,5H2. The maximum Gasteiger partial charge on any atom is 0.151 e. The predicted octanol–water partition coefficient (Wildman–Crippen LogP) is 1.81. The molecule has 2 aromatic heterocycles. The summed E-state index contributed by atoms with van der Waals surface area (Å²) in [6.45, 7) is 0.790. The maximum absolute atomic E-state index is 10.4. The molecule has 4 heteroatoms. The Morgan fingerprint density at radius 1 is 1.62 bits per heavy atom. The number of thiazole rings is 1. The Balaban J connectivity index is 2.14. The van der Waals surface area contributed by atoms with Gasteiger partial charge in [0.2, 0.25) is 0 Å². The van der Waals surface area contributed by atoms with Crippen molar-refractivity contribution in [1.82, 2.24) is 9.55 Å². The van der Waals surface area contributed by atoms with Gasteiger partial charge in [0.25, 0.3) is 0 Å². The number of hydrogen-bond donors (Lipinski definition) is 0. The molecular weight excluding hydrogens is 184 g/mol. The molecule has 0 saturated heterocycles. The Morgan fingerprint density at radius 2 is 2.54 bits per heavy atom. The van der Waals surface area contributed by atoms with Gasteiger partial charge >= 0.3 is 0 Å². The second-order valence-corrected chi connectivity index (χ2v) is 3.67. The van der Waals surface area contributed by atoms with Gasteiger partial charge in [-0.05, 0) is 6.07 Å². The topological polar surface area (TPSA) is 34.9 Å². The highest BCUT2D eigenvalue weighted by Crippen LogP contribution is 2.08. The molecule has 66 valence electrons. The summed E-state index contributed by atoms with van der Waals surface area (Å²) in [4.78, 5) is 15.6. The van der Waals surface area contributed by atoms with E-state index in [2.05, 4.69) is 4.98 Å². The molecular formula is C9H8N2OS. The number of hydrogen-bond acceptors (Lipinski definition) is 3. The Bertz CT molecular complexity index is 391. The van der Waals surface area contributed by atoms with Crippen LogP contribution in [0.2, 0.25) is 0 Å². The van der Waals surface area contributed by atoms with Crippen molar-refractivity contribution >= 4 is 17.6 Å². The Hall–Kier alpha value is -1.42. The van der Waals surface area contributed by atoms with E-state index in [-0.39, 0.29) is 0 Å². The first-order valence-corrected chi connectivity index (χ1v) is 4.75. The molecule has 0 fully saturated rings. The van der Waals surface area contributed by atoms with Gasteiger partial charge in [-0.3, -0.25) is 9.78 Å². The fourth-order valence-electron chi connectivity index (χ4n) is 1.13. The van der Waals surface area contributed by atoms with Crippen molar-refractivity contribution in [3.05, 3.63) is 40.6 Å². The molecule has 0 aliphatic heterocycles. The minimum Gasteiger partial charge on any atom is -0.348 e. The van der Waals surface area contributed by atoms with Crippen LogP contribution in [0.25, 0.3) is 0 Å². The quantitative estimate of drug-likeness (QED) is 0.695. The number of aldehydes is 1. The third-order valence-electron chi connectivity index (χ3n) is 1.73. The second kappa shape index (κ2) is 3.53. The average molecular weight is 192 g/mol. The minimum absolute atomic E-state index is 0.713. The summed E-state index contributed by atoms with van der Waals surface area (Å²) in [7, 11) is 0. The lowest BCUT2D eigenvalue weighted by molar-refractivity contribution is 0.112. The molecule has 13 heavy (non-hydrogen) atoms. The average Bonchev–Trinajstić information content (AvgIpc) is 2.76. The first-order valence-electron chi connectivity index (χ1n) is 3.87. The third kappa shape index (κ3) is 1.84. The number of carbonyl (C=O) groups is 1. The molecule has 0 saturated carbocycles. The summed E-state index contributed by atoms with van der Waals surface area (Å²) in [6, 6.07) is 1.80. The first kappa shape index (κ1) is 8.19. The molecule has 0 amide bonds. The first-order chi connectivity index (χ1) is 6.38. The summed E-state index contributed by atoms with van der Waals surface area (Å²) in [5.41, 5.74) is 2.52. The van der Waals surface area contributed by atoms with E-state index < -0.39 is 0 Å². The number of carbonyl (C=O) groups excluding carboxylic acids is 1. The van der Waals surface area contributed by atoms with Crippen LogP contribution in [0, 0.1) is 0 Å². The van der Waals surface area contributed by atoms with E-state index in [1.54, 1.807) is 22.9 Å². The largest absolute Gasteiger partial charge is 0.348 e. The molecule has 0 spiro atoms. The molecule has 2 rings (SSSR count). The van der Waals surface area contributed by atoms with E-state index in [0.717, 1.165) is 12.8 Å². The van der Waals surface area contributed by atoms with Gasteiger partial charge in [0, 0.05) is 29.0 Å². The highest BCUT2D eigenvalue weighted by molar-refractivity contribution is 7.09. The zero-order valence-electron chi connectivity index (χ0n) is 6.88. The SMILES string of the molecule is O=Cc1ccn(Cc2cncs2)c1. The normalized spacial score (nSPS) is 10.2. The zero-order chi connectivity index (χ0) is 9.10. The van der Waals surface area contributed by atoms with Gasteiger partial charge in [-0.15, -0.1) is 11.3 Å². The van der Waals surface area contributed by atoms with E-state index in [1.807, 2.05) is 23.2 Å². The van der Waals surface area contributed by atoms with Crippen LogP contribution in [0.4, 0.5) is 0 Å². The molecule has 2 heterocycles. The van der Waals surface area contributed by atoms with Crippen LogP contribution < -0.4 is 0 Å². The van der Waals surface area contributed by atoms with Crippen molar-refractivity contribution in [2.75, 3.05) is 0 Å². The number of nitrogens with zero attached hydrogens (tertiary/aromatic N) is 2. The van der Waals surface area contributed by atoms with E-state index >= 15 is 0 Å². The molecule has 0 aliphatic rings. The Labute approximate surface area is 79.7 Å². The van der Waals surface area contributed by atoms with Gasteiger partial charge in [0.05, 0.1) is 12.1 Å². The molecule has 0 bridgehead atoms. The number of rotatable bonds is 3. The molecule has 0 unspecified atom stereocenters. The molecule has 2 aromatic rings. The summed E-state index contributed by atoms with van der Waals surface area (Å²) in [5, 5.41) is 0. The van der Waals surface area contributed by atoms with E-state index in [4.69, 9.17) is 0 Å². The van der Waals surface area contributed by atoms with Gasteiger partial charge < -0.3 is 4.57 Å². The van der Waals surface area contributed by atoms with Gasteiger partial charge in [-0.1, -0.05) is 0 Å². The zero-order valence-corrected chi connectivity index (χ0v) is 7.70.